The maximum Gasteiger partial charge on any atom is 0.0982 e. The summed E-state index contributed by atoms with van der Waals surface area (Å²) in [6, 6.07) is 15.1. The van der Waals surface area contributed by atoms with Crippen molar-refractivity contribution in [2.75, 3.05) is 6.54 Å². The molecule has 108 valence electrons. The van der Waals surface area contributed by atoms with Gasteiger partial charge in [-0.2, -0.15) is 0 Å². The zero-order valence-electron chi connectivity index (χ0n) is 12.5. The number of nitrogens with zero attached hydrogens (tertiary/aromatic N) is 1. The molecule has 1 aromatic heterocycles. The Morgan fingerprint density at radius 1 is 1.10 bits per heavy atom. The molecule has 0 atom stereocenters. The van der Waals surface area contributed by atoms with Crippen LogP contribution in [0.2, 0.25) is 0 Å². The molecule has 3 rings (SSSR count). The predicted molar refractivity (Wildman–Crippen MR) is 91.0 cm³/mol. The molecule has 0 radical (unpaired) electrons. The van der Waals surface area contributed by atoms with Crippen molar-refractivity contribution in [2.45, 2.75) is 26.8 Å². The zero-order chi connectivity index (χ0) is 14.7. The molecule has 2 nitrogen and oxygen atoms in total. The molecule has 0 spiro atoms. The van der Waals surface area contributed by atoms with Crippen LogP contribution in [0.5, 0.6) is 0 Å². The lowest BCUT2D eigenvalue weighted by atomic mass is 10.0. The zero-order valence-corrected chi connectivity index (χ0v) is 13.3. The molecule has 0 aliphatic heterocycles. The van der Waals surface area contributed by atoms with E-state index in [2.05, 4.69) is 61.6 Å². The van der Waals surface area contributed by atoms with Crippen LogP contribution >= 0.6 is 11.3 Å². The minimum atomic E-state index is 0.918. The van der Waals surface area contributed by atoms with Gasteiger partial charge in [-0.15, -0.1) is 11.3 Å². The normalized spacial score (nSPS) is 11.1. The molecule has 0 saturated heterocycles. The van der Waals surface area contributed by atoms with Crippen molar-refractivity contribution in [3.8, 4) is 0 Å². The molecular weight excluding hydrogens is 276 g/mol. The largest absolute Gasteiger partial charge is 0.313 e. The molecule has 0 amide bonds. The molecule has 0 unspecified atom stereocenters. The Labute approximate surface area is 129 Å². The number of para-hydroxylation sites is 1. The third kappa shape index (κ3) is 3.31. The van der Waals surface area contributed by atoms with E-state index in [4.69, 9.17) is 4.98 Å². The van der Waals surface area contributed by atoms with Gasteiger partial charge in [-0.25, -0.2) is 4.98 Å². The van der Waals surface area contributed by atoms with Crippen molar-refractivity contribution in [1.82, 2.24) is 10.3 Å². The number of hydrogen-bond donors (Lipinski definition) is 1. The number of benzene rings is 2. The van der Waals surface area contributed by atoms with Gasteiger partial charge >= 0.3 is 0 Å². The monoisotopic (exact) mass is 296 g/mol. The quantitative estimate of drug-likeness (QED) is 0.759. The third-order valence-electron chi connectivity index (χ3n) is 3.61. The minimum absolute atomic E-state index is 0.918. The highest BCUT2D eigenvalue weighted by atomic mass is 32.1. The number of hydrogen-bond acceptors (Lipinski definition) is 3. The number of fused-ring (bicyclic) bond motifs is 1. The van der Waals surface area contributed by atoms with Crippen molar-refractivity contribution in [2.24, 2.45) is 0 Å². The lowest BCUT2D eigenvalue weighted by Crippen LogP contribution is -2.13. The van der Waals surface area contributed by atoms with Crippen LogP contribution in [-0.4, -0.2) is 11.5 Å². The van der Waals surface area contributed by atoms with Gasteiger partial charge < -0.3 is 5.32 Å². The van der Waals surface area contributed by atoms with E-state index < -0.39 is 0 Å². The smallest absolute Gasteiger partial charge is 0.0982 e. The summed E-state index contributed by atoms with van der Waals surface area (Å²) in [6.07, 6.45) is 0.918. The summed E-state index contributed by atoms with van der Waals surface area (Å²) in [5, 5.41) is 4.61. The van der Waals surface area contributed by atoms with E-state index in [1.54, 1.807) is 11.3 Å². The summed E-state index contributed by atoms with van der Waals surface area (Å²) >= 11 is 1.80. The van der Waals surface area contributed by atoms with E-state index in [1.807, 2.05) is 0 Å². The van der Waals surface area contributed by atoms with Gasteiger partial charge in [0, 0.05) is 13.0 Å². The highest BCUT2D eigenvalue weighted by molar-refractivity contribution is 7.18. The number of aromatic nitrogens is 1. The van der Waals surface area contributed by atoms with E-state index in [-0.39, 0.29) is 0 Å². The van der Waals surface area contributed by atoms with Crippen LogP contribution in [0.4, 0.5) is 0 Å². The highest BCUT2D eigenvalue weighted by Gasteiger charge is 2.08. The Balaban J connectivity index is 1.90. The van der Waals surface area contributed by atoms with Crippen LogP contribution in [-0.2, 0) is 13.0 Å². The lowest BCUT2D eigenvalue weighted by Gasteiger charge is -2.10. The number of rotatable bonds is 5. The van der Waals surface area contributed by atoms with Crippen molar-refractivity contribution >= 4 is 21.6 Å². The van der Waals surface area contributed by atoms with E-state index in [9.17, 15) is 0 Å². The van der Waals surface area contributed by atoms with Gasteiger partial charge in [0.2, 0.25) is 0 Å². The Hall–Kier alpha value is -1.71. The second-order valence-corrected chi connectivity index (χ2v) is 6.42. The Kier molecular flexibility index (Phi) is 4.32. The first-order valence-electron chi connectivity index (χ1n) is 7.40. The number of thiazole rings is 1. The van der Waals surface area contributed by atoms with Crippen molar-refractivity contribution in [3.63, 3.8) is 0 Å². The van der Waals surface area contributed by atoms with Gasteiger partial charge in [0.25, 0.3) is 0 Å². The standard InChI is InChI=1S/C18H20N2S/c1-3-19-12-14-9-8-13(2)10-15(14)11-18-20-16-6-4-5-7-17(16)21-18/h4-10,19H,3,11-12H2,1-2H3. The number of nitrogens with one attached hydrogen (secondary N) is 1. The second-order valence-electron chi connectivity index (χ2n) is 5.30. The molecular formula is C18H20N2S. The maximum absolute atomic E-state index is 4.76. The molecule has 0 aliphatic carbocycles. The first-order chi connectivity index (χ1) is 10.3. The summed E-state index contributed by atoms with van der Waals surface area (Å²) in [4.78, 5) is 4.76. The van der Waals surface area contributed by atoms with Crippen molar-refractivity contribution in [1.29, 1.82) is 0 Å². The van der Waals surface area contributed by atoms with Gasteiger partial charge in [0.1, 0.15) is 0 Å². The average molecular weight is 296 g/mol. The molecule has 1 heterocycles. The van der Waals surface area contributed by atoms with Gasteiger partial charge in [0.15, 0.2) is 0 Å². The molecule has 0 fully saturated rings. The van der Waals surface area contributed by atoms with Gasteiger partial charge in [-0.05, 0) is 36.7 Å². The first-order valence-corrected chi connectivity index (χ1v) is 8.21. The molecule has 0 saturated carbocycles. The summed E-state index contributed by atoms with van der Waals surface area (Å²) in [7, 11) is 0. The average Bonchev–Trinajstić information content (AvgIpc) is 2.88. The minimum Gasteiger partial charge on any atom is -0.313 e. The molecule has 0 bridgehead atoms. The topological polar surface area (TPSA) is 24.9 Å². The van der Waals surface area contributed by atoms with E-state index >= 15 is 0 Å². The Morgan fingerprint density at radius 3 is 2.76 bits per heavy atom. The number of aryl methyl sites for hydroxylation is 1. The van der Waals surface area contributed by atoms with Crippen molar-refractivity contribution in [3.05, 3.63) is 64.2 Å². The SMILES string of the molecule is CCNCc1ccc(C)cc1Cc1nc2ccccc2s1. The van der Waals surface area contributed by atoms with E-state index in [0.717, 1.165) is 25.0 Å². The van der Waals surface area contributed by atoms with Gasteiger partial charge in [-0.3, -0.25) is 0 Å². The molecule has 3 heteroatoms. The van der Waals surface area contributed by atoms with Crippen LogP contribution in [0.15, 0.2) is 42.5 Å². The maximum atomic E-state index is 4.76. The van der Waals surface area contributed by atoms with E-state index in [0.29, 0.717) is 0 Å². The Morgan fingerprint density at radius 2 is 1.95 bits per heavy atom. The van der Waals surface area contributed by atoms with Gasteiger partial charge in [-0.1, -0.05) is 42.8 Å². The summed E-state index contributed by atoms with van der Waals surface area (Å²) in [5.74, 6) is 0. The molecule has 1 N–H and O–H groups in total. The molecule has 21 heavy (non-hydrogen) atoms. The molecule has 0 aliphatic rings. The Bertz CT molecular complexity index is 713. The van der Waals surface area contributed by atoms with Crippen LogP contribution < -0.4 is 5.32 Å². The summed E-state index contributed by atoms with van der Waals surface area (Å²) in [5.41, 5.74) is 5.18. The van der Waals surface area contributed by atoms with Crippen LogP contribution in [0.3, 0.4) is 0 Å². The van der Waals surface area contributed by atoms with Gasteiger partial charge in [0.05, 0.1) is 15.2 Å². The predicted octanol–water partition coefficient (Wildman–Crippen LogP) is 4.31. The summed E-state index contributed by atoms with van der Waals surface area (Å²) < 4.78 is 1.27. The fraction of sp³-hybridized carbons (Fsp3) is 0.278. The molecule has 2 aromatic carbocycles. The second kappa shape index (κ2) is 6.37. The highest BCUT2D eigenvalue weighted by Crippen LogP contribution is 2.25. The first kappa shape index (κ1) is 14.2. The summed E-state index contributed by atoms with van der Waals surface area (Å²) in [6.45, 7) is 6.21. The van der Waals surface area contributed by atoms with E-state index in [1.165, 1.54) is 26.4 Å². The van der Waals surface area contributed by atoms with Crippen molar-refractivity contribution < 1.29 is 0 Å². The molecule has 3 aromatic rings. The fourth-order valence-corrected chi connectivity index (χ4v) is 3.50. The lowest BCUT2D eigenvalue weighted by molar-refractivity contribution is 0.721. The van der Waals surface area contributed by atoms with Crippen LogP contribution in [0, 0.1) is 6.92 Å². The van der Waals surface area contributed by atoms with Crippen LogP contribution in [0.25, 0.3) is 10.2 Å². The van der Waals surface area contributed by atoms with Crippen LogP contribution in [0.1, 0.15) is 28.6 Å². The fourth-order valence-electron chi connectivity index (χ4n) is 2.51. The third-order valence-corrected chi connectivity index (χ3v) is 4.64.